The van der Waals surface area contributed by atoms with Crippen molar-refractivity contribution in [1.82, 2.24) is 5.32 Å². The molecule has 0 aromatic heterocycles. The molecular weight excluding hydrogens is 200 g/mol. The molecule has 1 rings (SSSR count). The molecule has 1 N–H and O–H groups in total. The molecule has 0 bridgehead atoms. The maximum absolute atomic E-state index is 9.37. The third-order valence-corrected chi connectivity index (χ3v) is 3.26. The number of nitriles is 1. The lowest BCUT2D eigenvalue weighted by Gasteiger charge is -2.28. The zero-order valence-electron chi connectivity index (χ0n) is 10.8. The molecule has 0 radical (unpaired) electrons. The van der Waals surface area contributed by atoms with Gasteiger partial charge in [-0.1, -0.05) is 20.3 Å². The van der Waals surface area contributed by atoms with Gasteiger partial charge in [0.05, 0.1) is 18.8 Å². The van der Waals surface area contributed by atoms with Crippen molar-refractivity contribution in [1.29, 1.82) is 5.26 Å². The molecule has 0 aliphatic heterocycles. The molecule has 3 heteroatoms. The fraction of sp³-hybridized carbons (Fsp3) is 0.923. The van der Waals surface area contributed by atoms with E-state index in [1.54, 1.807) is 0 Å². The van der Waals surface area contributed by atoms with Crippen LogP contribution >= 0.6 is 0 Å². The smallest absolute Gasteiger partial charge is 0.133 e. The van der Waals surface area contributed by atoms with Gasteiger partial charge in [0.25, 0.3) is 0 Å². The Hall–Kier alpha value is -0.590. The van der Waals surface area contributed by atoms with Gasteiger partial charge in [0.2, 0.25) is 0 Å². The minimum Gasteiger partial charge on any atom is -0.375 e. The van der Waals surface area contributed by atoms with E-state index >= 15 is 0 Å². The third kappa shape index (κ3) is 3.47. The molecule has 0 spiro atoms. The number of hydrogen-bond donors (Lipinski definition) is 1. The third-order valence-electron chi connectivity index (χ3n) is 3.26. The van der Waals surface area contributed by atoms with Crippen molar-refractivity contribution in [3.05, 3.63) is 0 Å². The lowest BCUT2D eigenvalue weighted by atomic mass is 9.96. The zero-order chi connectivity index (χ0) is 12.0. The molecule has 0 heterocycles. The van der Waals surface area contributed by atoms with Crippen molar-refractivity contribution >= 4 is 0 Å². The quantitative estimate of drug-likeness (QED) is 0.689. The van der Waals surface area contributed by atoms with Gasteiger partial charge in [0.15, 0.2) is 0 Å². The highest BCUT2D eigenvalue weighted by Crippen LogP contribution is 2.39. The number of nitrogens with one attached hydrogen (secondary N) is 1. The molecule has 0 amide bonds. The van der Waals surface area contributed by atoms with E-state index in [1.165, 1.54) is 0 Å². The molecule has 16 heavy (non-hydrogen) atoms. The Morgan fingerprint density at radius 3 is 2.62 bits per heavy atom. The molecule has 0 aromatic rings. The Labute approximate surface area is 99.2 Å². The first-order chi connectivity index (χ1) is 7.68. The van der Waals surface area contributed by atoms with Gasteiger partial charge in [-0.25, -0.2) is 0 Å². The summed E-state index contributed by atoms with van der Waals surface area (Å²) in [6.45, 7) is 7.65. The number of hydrogen-bond acceptors (Lipinski definition) is 3. The van der Waals surface area contributed by atoms with Crippen molar-refractivity contribution in [2.75, 3.05) is 13.2 Å². The molecular formula is C13H24N2O. The fourth-order valence-corrected chi connectivity index (χ4v) is 2.13. The van der Waals surface area contributed by atoms with Crippen molar-refractivity contribution in [2.24, 2.45) is 5.92 Å². The standard InChI is InChI=1S/C13H24N2O/c1-4-6-11(3)16-10-13(9-14,15-5-2)12-7-8-12/h11-12,15H,4-8,10H2,1-3H3. The minimum atomic E-state index is -0.434. The number of ether oxygens (including phenoxy) is 1. The highest BCUT2D eigenvalue weighted by molar-refractivity contribution is 5.15. The van der Waals surface area contributed by atoms with E-state index in [2.05, 4.69) is 25.2 Å². The molecule has 92 valence electrons. The van der Waals surface area contributed by atoms with Crippen molar-refractivity contribution in [3.63, 3.8) is 0 Å². The van der Waals surface area contributed by atoms with Crippen LogP contribution in [-0.2, 0) is 4.74 Å². The monoisotopic (exact) mass is 224 g/mol. The van der Waals surface area contributed by atoms with Crippen molar-refractivity contribution in [3.8, 4) is 6.07 Å². The Kier molecular flexibility index (Phi) is 5.24. The molecule has 1 saturated carbocycles. The van der Waals surface area contributed by atoms with Crippen molar-refractivity contribution < 1.29 is 4.74 Å². The van der Waals surface area contributed by atoms with E-state index < -0.39 is 5.54 Å². The average molecular weight is 224 g/mol. The second kappa shape index (κ2) is 6.22. The van der Waals surface area contributed by atoms with Gasteiger partial charge in [0.1, 0.15) is 5.54 Å². The number of nitrogens with zero attached hydrogens (tertiary/aromatic N) is 1. The Morgan fingerprint density at radius 2 is 2.19 bits per heavy atom. The summed E-state index contributed by atoms with van der Waals surface area (Å²) in [5.41, 5.74) is -0.434. The maximum Gasteiger partial charge on any atom is 0.133 e. The van der Waals surface area contributed by atoms with Gasteiger partial charge < -0.3 is 4.74 Å². The van der Waals surface area contributed by atoms with Crippen LogP contribution in [0.4, 0.5) is 0 Å². The van der Waals surface area contributed by atoms with E-state index in [4.69, 9.17) is 4.74 Å². The summed E-state index contributed by atoms with van der Waals surface area (Å²) in [5.74, 6) is 0.492. The average Bonchev–Trinajstić information content (AvgIpc) is 3.09. The second-order valence-electron chi connectivity index (χ2n) is 4.80. The summed E-state index contributed by atoms with van der Waals surface area (Å²) < 4.78 is 5.81. The lowest BCUT2D eigenvalue weighted by molar-refractivity contribution is 0.0235. The zero-order valence-corrected chi connectivity index (χ0v) is 10.8. The first kappa shape index (κ1) is 13.5. The predicted molar refractivity (Wildman–Crippen MR) is 65.1 cm³/mol. The van der Waals surface area contributed by atoms with E-state index in [0.717, 1.165) is 32.2 Å². The second-order valence-corrected chi connectivity index (χ2v) is 4.80. The van der Waals surface area contributed by atoms with Crippen LogP contribution in [0.2, 0.25) is 0 Å². The molecule has 1 aliphatic carbocycles. The molecule has 0 saturated heterocycles. The van der Waals surface area contributed by atoms with E-state index in [0.29, 0.717) is 12.5 Å². The fourth-order valence-electron chi connectivity index (χ4n) is 2.13. The van der Waals surface area contributed by atoms with Gasteiger partial charge in [0, 0.05) is 0 Å². The molecule has 1 fully saturated rings. The van der Waals surface area contributed by atoms with Gasteiger partial charge in [-0.2, -0.15) is 5.26 Å². The molecule has 2 atom stereocenters. The summed E-state index contributed by atoms with van der Waals surface area (Å²) in [7, 11) is 0. The van der Waals surface area contributed by atoms with Gasteiger partial charge in [-0.3, -0.25) is 5.32 Å². The summed E-state index contributed by atoms with van der Waals surface area (Å²) in [6.07, 6.45) is 4.78. The van der Waals surface area contributed by atoms with Crippen LogP contribution in [0, 0.1) is 17.2 Å². The summed E-state index contributed by atoms with van der Waals surface area (Å²) in [5, 5.41) is 12.7. The topological polar surface area (TPSA) is 45.0 Å². The largest absolute Gasteiger partial charge is 0.375 e. The molecule has 3 nitrogen and oxygen atoms in total. The van der Waals surface area contributed by atoms with Crippen molar-refractivity contribution in [2.45, 2.75) is 58.1 Å². The van der Waals surface area contributed by atoms with Gasteiger partial charge in [-0.05, 0) is 38.6 Å². The predicted octanol–water partition coefficient (Wildman–Crippen LogP) is 2.47. The summed E-state index contributed by atoms with van der Waals surface area (Å²) in [6, 6.07) is 2.44. The molecule has 2 unspecified atom stereocenters. The van der Waals surface area contributed by atoms with Crippen LogP contribution < -0.4 is 5.32 Å². The first-order valence-electron chi connectivity index (χ1n) is 6.46. The highest BCUT2D eigenvalue weighted by atomic mass is 16.5. The summed E-state index contributed by atoms with van der Waals surface area (Å²) >= 11 is 0. The minimum absolute atomic E-state index is 0.259. The van der Waals surface area contributed by atoms with Crippen LogP contribution in [0.1, 0.15) is 46.5 Å². The first-order valence-corrected chi connectivity index (χ1v) is 6.46. The molecule has 0 aromatic carbocycles. The highest BCUT2D eigenvalue weighted by Gasteiger charge is 2.45. The summed E-state index contributed by atoms with van der Waals surface area (Å²) in [4.78, 5) is 0. The van der Waals surface area contributed by atoms with E-state index in [9.17, 15) is 5.26 Å². The van der Waals surface area contributed by atoms with Crippen LogP contribution in [0.25, 0.3) is 0 Å². The number of rotatable bonds is 8. The normalized spacial score (nSPS) is 21.1. The van der Waals surface area contributed by atoms with Gasteiger partial charge >= 0.3 is 0 Å². The maximum atomic E-state index is 9.37. The molecule has 1 aliphatic rings. The Balaban J connectivity index is 2.47. The van der Waals surface area contributed by atoms with E-state index in [1.807, 2.05) is 6.92 Å². The lowest BCUT2D eigenvalue weighted by Crippen LogP contribution is -2.50. The van der Waals surface area contributed by atoms with Crippen LogP contribution in [0.5, 0.6) is 0 Å². The Bertz CT molecular complexity index is 245. The van der Waals surface area contributed by atoms with E-state index in [-0.39, 0.29) is 6.10 Å². The SMILES string of the molecule is CCCC(C)OCC(C#N)(NCC)C1CC1. The number of likely N-dealkylation sites (N-methyl/N-ethyl adjacent to an activating group) is 1. The van der Waals surface area contributed by atoms with Gasteiger partial charge in [-0.15, -0.1) is 0 Å². The van der Waals surface area contributed by atoms with Crippen LogP contribution in [-0.4, -0.2) is 24.8 Å². The Morgan fingerprint density at radius 1 is 1.50 bits per heavy atom. The van der Waals surface area contributed by atoms with Crippen LogP contribution in [0.15, 0.2) is 0 Å². The van der Waals surface area contributed by atoms with Crippen LogP contribution in [0.3, 0.4) is 0 Å².